The summed E-state index contributed by atoms with van der Waals surface area (Å²) in [6.45, 7) is 1.83. The second-order valence-corrected chi connectivity index (χ2v) is 4.88. The maximum Gasteiger partial charge on any atom is 0.194 e. The molecule has 2 nitrogen and oxygen atoms in total. The Hall–Kier alpha value is -1.68. The van der Waals surface area contributed by atoms with E-state index in [0.29, 0.717) is 21.3 Å². The maximum atomic E-state index is 13.2. The Kier molecular flexibility index (Phi) is 3.48. The van der Waals surface area contributed by atoms with Crippen LogP contribution in [-0.4, -0.2) is 5.78 Å². The minimum atomic E-state index is -0.436. The highest BCUT2D eigenvalue weighted by Crippen LogP contribution is 2.22. The fourth-order valence-corrected chi connectivity index (χ4v) is 2.07. The predicted octanol–water partition coefficient (Wildman–Crippen LogP) is 3.71. The molecule has 2 N–H and O–H groups in total. The Labute approximate surface area is 113 Å². The van der Waals surface area contributed by atoms with Gasteiger partial charge in [-0.25, -0.2) is 4.39 Å². The smallest absolute Gasteiger partial charge is 0.194 e. The van der Waals surface area contributed by atoms with Crippen molar-refractivity contribution < 1.29 is 9.18 Å². The maximum absolute atomic E-state index is 13.2. The molecule has 92 valence electrons. The van der Waals surface area contributed by atoms with Gasteiger partial charge in [0.15, 0.2) is 5.78 Å². The van der Waals surface area contributed by atoms with E-state index in [1.165, 1.54) is 18.2 Å². The van der Waals surface area contributed by atoms with Crippen LogP contribution in [0.4, 0.5) is 10.1 Å². The van der Waals surface area contributed by atoms with Gasteiger partial charge < -0.3 is 5.73 Å². The van der Waals surface area contributed by atoms with E-state index in [4.69, 9.17) is 5.73 Å². The van der Waals surface area contributed by atoms with Crippen LogP contribution in [0.5, 0.6) is 0 Å². The molecule has 0 bridgehead atoms. The Morgan fingerprint density at radius 1 is 1.22 bits per heavy atom. The summed E-state index contributed by atoms with van der Waals surface area (Å²) in [4.78, 5) is 12.2. The van der Waals surface area contributed by atoms with Crippen molar-refractivity contribution in [3.8, 4) is 0 Å². The summed E-state index contributed by atoms with van der Waals surface area (Å²) in [5.74, 6) is -0.668. The molecule has 0 unspecified atom stereocenters. The number of aryl methyl sites for hydroxylation is 1. The van der Waals surface area contributed by atoms with Crippen molar-refractivity contribution in [1.82, 2.24) is 0 Å². The van der Waals surface area contributed by atoms with Crippen molar-refractivity contribution >= 4 is 27.4 Å². The zero-order chi connectivity index (χ0) is 13.3. The van der Waals surface area contributed by atoms with Gasteiger partial charge in [0.2, 0.25) is 0 Å². The topological polar surface area (TPSA) is 43.1 Å². The minimum absolute atomic E-state index is 0.232. The van der Waals surface area contributed by atoms with Gasteiger partial charge >= 0.3 is 0 Å². The number of anilines is 1. The average Bonchev–Trinajstić information content (AvgIpc) is 2.35. The number of carbonyl (C=O) groups is 1. The van der Waals surface area contributed by atoms with Gasteiger partial charge in [-0.3, -0.25) is 4.79 Å². The first-order chi connectivity index (χ1) is 8.49. The third-order valence-corrected chi connectivity index (χ3v) is 3.40. The normalized spacial score (nSPS) is 10.4. The van der Waals surface area contributed by atoms with Gasteiger partial charge in [0.1, 0.15) is 5.82 Å². The Morgan fingerprint density at radius 2 is 1.94 bits per heavy atom. The standard InChI is InChI=1S/C14H11BrFNO/c1-8-6-9(2-5-13(8)17)14(18)11-7-10(16)3-4-12(11)15/h2-7H,17H2,1H3. The molecule has 0 amide bonds. The molecule has 0 radical (unpaired) electrons. The molecule has 2 aromatic rings. The van der Waals surface area contributed by atoms with Crippen LogP contribution in [0.15, 0.2) is 40.9 Å². The van der Waals surface area contributed by atoms with Gasteiger partial charge in [0, 0.05) is 21.3 Å². The summed E-state index contributed by atoms with van der Waals surface area (Å²) in [7, 11) is 0. The molecule has 0 fully saturated rings. The van der Waals surface area contributed by atoms with Crippen LogP contribution in [0.25, 0.3) is 0 Å². The van der Waals surface area contributed by atoms with Crippen molar-refractivity contribution in [1.29, 1.82) is 0 Å². The number of rotatable bonds is 2. The largest absolute Gasteiger partial charge is 0.399 e. The number of nitrogens with two attached hydrogens (primary N) is 1. The van der Waals surface area contributed by atoms with Gasteiger partial charge in [-0.2, -0.15) is 0 Å². The molecule has 0 saturated carbocycles. The van der Waals surface area contributed by atoms with Gasteiger partial charge in [-0.05, 0) is 48.9 Å². The first-order valence-corrected chi connectivity index (χ1v) is 6.14. The van der Waals surface area contributed by atoms with Crippen molar-refractivity contribution in [2.75, 3.05) is 5.73 Å². The third-order valence-electron chi connectivity index (χ3n) is 2.71. The van der Waals surface area contributed by atoms with Crippen LogP contribution in [0.2, 0.25) is 0 Å². The monoisotopic (exact) mass is 307 g/mol. The lowest BCUT2D eigenvalue weighted by Gasteiger charge is -2.06. The van der Waals surface area contributed by atoms with Crippen LogP contribution in [0.1, 0.15) is 21.5 Å². The highest BCUT2D eigenvalue weighted by atomic mass is 79.9. The van der Waals surface area contributed by atoms with E-state index >= 15 is 0 Å². The van der Waals surface area contributed by atoms with Gasteiger partial charge in [0.25, 0.3) is 0 Å². The molecule has 0 spiro atoms. The van der Waals surface area contributed by atoms with Crippen LogP contribution in [0.3, 0.4) is 0 Å². The van der Waals surface area contributed by atoms with Gasteiger partial charge in [-0.15, -0.1) is 0 Å². The molecule has 4 heteroatoms. The highest BCUT2D eigenvalue weighted by molar-refractivity contribution is 9.10. The molecule has 0 saturated heterocycles. The third kappa shape index (κ3) is 2.43. The first kappa shape index (κ1) is 12.8. The van der Waals surface area contributed by atoms with Crippen LogP contribution < -0.4 is 5.73 Å². The highest BCUT2D eigenvalue weighted by Gasteiger charge is 2.14. The van der Waals surface area contributed by atoms with Crippen molar-refractivity contribution in [2.45, 2.75) is 6.92 Å². The number of hydrogen-bond donors (Lipinski definition) is 1. The molecule has 0 aliphatic heterocycles. The number of ketones is 1. The van der Waals surface area contributed by atoms with Crippen molar-refractivity contribution in [2.24, 2.45) is 0 Å². The SMILES string of the molecule is Cc1cc(C(=O)c2cc(F)ccc2Br)ccc1N. The van der Waals surface area contributed by atoms with Gasteiger partial charge in [0.05, 0.1) is 0 Å². The molecule has 2 rings (SSSR count). The second kappa shape index (κ2) is 4.90. The molecule has 0 aliphatic carbocycles. The van der Waals surface area contributed by atoms with Gasteiger partial charge in [-0.1, -0.05) is 15.9 Å². The number of benzene rings is 2. The van der Waals surface area contributed by atoms with Crippen LogP contribution in [-0.2, 0) is 0 Å². The van der Waals surface area contributed by atoms with Crippen LogP contribution >= 0.6 is 15.9 Å². The van der Waals surface area contributed by atoms with E-state index in [9.17, 15) is 9.18 Å². The lowest BCUT2D eigenvalue weighted by molar-refractivity contribution is 0.103. The number of hydrogen-bond acceptors (Lipinski definition) is 2. The molecule has 0 aliphatic rings. The molecular weight excluding hydrogens is 297 g/mol. The number of carbonyl (C=O) groups excluding carboxylic acids is 1. The van der Waals surface area contributed by atoms with E-state index in [2.05, 4.69) is 15.9 Å². The van der Waals surface area contributed by atoms with E-state index in [1.54, 1.807) is 18.2 Å². The summed E-state index contributed by atoms with van der Waals surface area (Å²) in [5.41, 5.74) is 7.96. The Balaban J connectivity index is 2.47. The molecular formula is C14H11BrFNO. The van der Waals surface area contributed by atoms with Crippen molar-refractivity contribution in [3.05, 3.63) is 63.4 Å². The number of nitrogen functional groups attached to an aromatic ring is 1. The van der Waals surface area contributed by atoms with E-state index < -0.39 is 5.82 Å². The molecule has 0 heterocycles. The molecule has 18 heavy (non-hydrogen) atoms. The van der Waals surface area contributed by atoms with E-state index in [-0.39, 0.29) is 5.78 Å². The van der Waals surface area contributed by atoms with E-state index in [1.807, 2.05) is 6.92 Å². The zero-order valence-electron chi connectivity index (χ0n) is 9.71. The lowest BCUT2D eigenvalue weighted by Crippen LogP contribution is -2.04. The second-order valence-electron chi connectivity index (χ2n) is 4.02. The first-order valence-electron chi connectivity index (χ1n) is 5.35. The average molecular weight is 308 g/mol. The summed E-state index contributed by atoms with van der Waals surface area (Å²) >= 11 is 3.25. The van der Waals surface area contributed by atoms with Crippen LogP contribution in [0, 0.1) is 12.7 Å². The minimum Gasteiger partial charge on any atom is -0.399 e. The summed E-state index contributed by atoms with van der Waals surface area (Å²) in [6, 6.07) is 9.06. The molecule has 2 aromatic carbocycles. The fraction of sp³-hybridized carbons (Fsp3) is 0.0714. The molecule has 0 aromatic heterocycles. The fourth-order valence-electron chi connectivity index (χ4n) is 1.64. The summed E-state index contributed by atoms with van der Waals surface area (Å²) in [5, 5.41) is 0. The van der Waals surface area contributed by atoms with E-state index in [0.717, 1.165) is 5.56 Å². The van der Waals surface area contributed by atoms with Crippen molar-refractivity contribution in [3.63, 3.8) is 0 Å². The predicted molar refractivity (Wildman–Crippen MR) is 73.1 cm³/mol. The zero-order valence-corrected chi connectivity index (χ0v) is 11.3. The summed E-state index contributed by atoms with van der Waals surface area (Å²) in [6.07, 6.45) is 0. The number of halogens is 2. The summed E-state index contributed by atoms with van der Waals surface area (Å²) < 4.78 is 13.7. The quantitative estimate of drug-likeness (QED) is 0.679. The molecule has 0 atom stereocenters. The Bertz CT molecular complexity index is 625. The lowest BCUT2D eigenvalue weighted by atomic mass is 10.0. The Morgan fingerprint density at radius 3 is 2.61 bits per heavy atom.